The Morgan fingerprint density at radius 2 is 2.04 bits per heavy atom. The highest BCUT2D eigenvalue weighted by Gasteiger charge is 2.31. The molecular formula is C16H18N2O5. The number of rotatable bonds is 6. The zero-order valence-corrected chi connectivity index (χ0v) is 12.9. The van der Waals surface area contributed by atoms with E-state index in [-0.39, 0.29) is 12.3 Å². The Morgan fingerprint density at radius 3 is 2.61 bits per heavy atom. The molecule has 0 saturated heterocycles. The summed E-state index contributed by atoms with van der Waals surface area (Å²) in [4.78, 5) is 24.2. The molecule has 23 heavy (non-hydrogen) atoms. The van der Waals surface area contributed by atoms with Gasteiger partial charge in [-0.2, -0.15) is 0 Å². The number of aliphatic hydroxyl groups excluding tert-OH is 1. The molecule has 0 aliphatic heterocycles. The molecule has 2 unspecified atom stereocenters. The number of hydrogen-bond donors (Lipinski definition) is 2. The van der Waals surface area contributed by atoms with Crippen LogP contribution in [0.3, 0.4) is 0 Å². The second-order valence-electron chi connectivity index (χ2n) is 4.88. The predicted octanol–water partition coefficient (Wildman–Crippen LogP) is 1.38. The molecule has 1 aromatic heterocycles. The number of nitrogens with zero attached hydrogens (tertiary/aromatic N) is 1. The molecule has 0 spiro atoms. The van der Waals surface area contributed by atoms with Gasteiger partial charge in [-0.25, -0.2) is 4.79 Å². The van der Waals surface area contributed by atoms with Crippen molar-refractivity contribution in [2.45, 2.75) is 26.0 Å². The lowest BCUT2D eigenvalue weighted by molar-refractivity contribution is -0.148. The maximum atomic E-state index is 12.2. The van der Waals surface area contributed by atoms with Gasteiger partial charge >= 0.3 is 5.97 Å². The number of carbonyl (C=O) groups excluding carboxylic acids is 2. The SMILES string of the molecule is CCOC(=O)C(NC(=O)c1cc(C)on1)C(O)c1ccccc1. The third-order valence-corrected chi connectivity index (χ3v) is 3.14. The molecule has 0 fully saturated rings. The molecule has 0 radical (unpaired) electrons. The summed E-state index contributed by atoms with van der Waals surface area (Å²) in [6.07, 6.45) is -1.24. The first kappa shape index (κ1) is 16.7. The van der Waals surface area contributed by atoms with E-state index < -0.39 is 24.0 Å². The molecule has 0 aliphatic carbocycles. The number of nitrogens with one attached hydrogen (secondary N) is 1. The summed E-state index contributed by atoms with van der Waals surface area (Å²) in [5.41, 5.74) is 0.513. The van der Waals surface area contributed by atoms with Crippen LogP contribution < -0.4 is 5.32 Å². The van der Waals surface area contributed by atoms with Crippen molar-refractivity contribution in [1.82, 2.24) is 10.5 Å². The van der Waals surface area contributed by atoms with Gasteiger partial charge in [-0.3, -0.25) is 4.79 Å². The summed E-state index contributed by atoms with van der Waals surface area (Å²) in [5, 5.41) is 16.4. The second-order valence-corrected chi connectivity index (χ2v) is 4.88. The maximum Gasteiger partial charge on any atom is 0.331 e. The maximum absolute atomic E-state index is 12.2. The number of aryl methyl sites for hydroxylation is 1. The highest BCUT2D eigenvalue weighted by atomic mass is 16.5. The first-order valence-corrected chi connectivity index (χ1v) is 7.16. The Hall–Kier alpha value is -2.67. The average Bonchev–Trinajstić information content (AvgIpc) is 2.99. The van der Waals surface area contributed by atoms with Gasteiger partial charge in [0.05, 0.1) is 6.61 Å². The van der Waals surface area contributed by atoms with Gasteiger partial charge in [0.15, 0.2) is 11.7 Å². The van der Waals surface area contributed by atoms with Gasteiger partial charge in [0.2, 0.25) is 0 Å². The number of aromatic nitrogens is 1. The van der Waals surface area contributed by atoms with E-state index in [9.17, 15) is 14.7 Å². The van der Waals surface area contributed by atoms with Crippen LogP contribution in [0.25, 0.3) is 0 Å². The van der Waals surface area contributed by atoms with Crippen LogP contribution in [0, 0.1) is 6.92 Å². The molecule has 0 bridgehead atoms. The van der Waals surface area contributed by atoms with Crippen LogP contribution in [0.4, 0.5) is 0 Å². The van der Waals surface area contributed by atoms with E-state index >= 15 is 0 Å². The number of hydrogen-bond acceptors (Lipinski definition) is 6. The molecule has 7 nitrogen and oxygen atoms in total. The largest absolute Gasteiger partial charge is 0.464 e. The molecule has 2 aromatic rings. The van der Waals surface area contributed by atoms with E-state index in [2.05, 4.69) is 10.5 Å². The van der Waals surface area contributed by atoms with E-state index in [1.54, 1.807) is 44.2 Å². The lowest BCUT2D eigenvalue weighted by Crippen LogP contribution is -2.46. The van der Waals surface area contributed by atoms with Crippen molar-refractivity contribution in [3.05, 3.63) is 53.4 Å². The molecule has 1 amide bonds. The Balaban J connectivity index is 2.20. The summed E-state index contributed by atoms with van der Waals surface area (Å²) in [6.45, 7) is 3.42. The van der Waals surface area contributed by atoms with Gasteiger partial charge in [0.1, 0.15) is 11.9 Å². The molecule has 1 heterocycles. The number of esters is 1. The van der Waals surface area contributed by atoms with Gasteiger partial charge < -0.3 is 19.7 Å². The first-order chi connectivity index (χ1) is 11.0. The van der Waals surface area contributed by atoms with Crippen molar-refractivity contribution in [3.63, 3.8) is 0 Å². The Bertz CT molecular complexity index is 668. The molecular weight excluding hydrogens is 300 g/mol. The zero-order valence-electron chi connectivity index (χ0n) is 12.9. The Labute approximate surface area is 133 Å². The Kier molecular flexibility index (Phi) is 5.48. The minimum absolute atomic E-state index is 0.0251. The number of ether oxygens (including phenoxy) is 1. The van der Waals surface area contributed by atoms with Gasteiger partial charge in [0, 0.05) is 6.07 Å². The van der Waals surface area contributed by atoms with Crippen molar-refractivity contribution in [2.24, 2.45) is 0 Å². The summed E-state index contributed by atoms with van der Waals surface area (Å²) in [6, 6.07) is 8.74. The smallest absolute Gasteiger partial charge is 0.331 e. The summed E-state index contributed by atoms with van der Waals surface area (Å²) < 4.78 is 9.76. The fraction of sp³-hybridized carbons (Fsp3) is 0.312. The van der Waals surface area contributed by atoms with E-state index in [1.807, 2.05) is 0 Å². The number of aliphatic hydroxyl groups is 1. The molecule has 2 atom stereocenters. The van der Waals surface area contributed by atoms with Crippen molar-refractivity contribution in [1.29, 1.82) is 0 Å². The molecule has 122 valence electrons. The van der Waals surface area contributed by atoms with E-state index in [0.29, 0.717) is 11.3 Å². The van der Waals surface area contributed by atoms with E-state index in [4.69, 9.17) is 9.26 Å². The fourth-order valence-electron chi connectivity index (χ4n) is 2.03. The highest BCUT2D eigenvalue weighted by Crippen LogP contribution is 2.18. The molecule has 0 saturated carbocycles. The summed E-state index contributed by atoms with van der Waals surface area (Å²) >= 11 is 0. The third-order valence-electron chi connectivity index (χ3n) is 3.14. The molecule has 1 aromatic carbocycles. The molecule has 0 aliphatic rings. The van der Waals surface area contributed by atoms with Crippen LogP contribution in [0.5, 0.6) is 0 Å². The van der Waals surface area contributed by atoms with Gasteiger partial charge in [-0.15, -0.1) is 0 Å². The zero-order chi connectivity index (χ0) is 16.8. The summed E-state index contributed by atoms with van der Waals surface area (Å²) in [5.74, 6) is -0.890. The molecule has 7 heteroatoms. The number of benzene rings is 1. The molecule has 2 rings (SSSR count). The fourth-order valence-corrected chi connectivity index (χ4v) is 2.03. The topological polar surface area (TPSA) is 102 Å². The lowest BCUT2D eigenvalue weighted by Gasteiger charge is -2.22. The van der Waals surface area contributed by atoms with Gasteiger partial charge in [-0.05, 0) is 19.4 Å². The van der Waals surface area contributed by atoms with Crippen molar-refractivity contribution in [3.8, 4) is 0 Å². The van der Waals surface area contributed by atoms with Crippen molar-refractivity contribution in [2.75, 3.05) is 6.61 Å². The van der Waals surface area contributed by atoms with Crippen LogP contribution in [-0.2, 0) is 9.53 Å². The van der Waals surface area contributed by atoms with Crippen LogP contribution in [0.15, 0.2) is 40.9 Å². The van der Waals surface area contributed by atoms with Crippen LogP contribution >= 0.6 is 0 Å². The second kappa shape index (κ2) is 7.55. The van der Waals surface area contributed by atoms with Gasteiger partial charge in [-0.1, -0.05) is 35.5 Å². The Morgan fingerprint density at radius 1 is 1.35 bits per heavy atom. The highest BCUT2D eigenvalue weighted by molar-refractivity contribution is 5.95. The van der Waals surface area contributed by atoms with E-state index in [1.165, 1.54) is 6.07 Å². The standard InChI is InChI=1S/C16H18N2O5/c1-3-22-16(21)13(14(19)11-7-5-4-6-8-11)17-15(20)12-9-10(2)23-18-12/h4-9,13-14,19H,3H2,1-2H3,(H,17,20). The predicted molar refractivity (Wildman–Crippen MR) is 80.5 cm³/mol. The average molecular weight is 318 g/mol. The first-order valence-electron chi connectivity index (χ1n) is 7.16. The third kappa shape index (κ3) is 4.17. The van der Waals surface area contributed by atoms with E-state index in [0.717, 1.165) is 0 Å². The summed E-state index contributed by atoms with van der Waals surface area (Å²) in [7, 11) is 0. The van der Waals surface area contributed by atoms with Crippen LogP contribution in [0.2, 0.25) is 0 Å². The minimum atomic E-state index is -1.25. The lowest BCUT2D eigenvalue weighted by atomic mass is 10.0. The quantitative estimate of drug-likeness (QED) is 0.780. The minimum Gasteiger partial charge on any atom is -0.464 e. The van der Waals surface area contributed by atoms with Crippen LogP contribution in [-0.4, -0.2) is 34.8 Å². The van der Waals surface area contributed by atoms with Gasteiger partial charge in [0.25, 0.3) is 5.91 Å². The normalized spacial score (nSPS) is 13.2. The van der Waals surface area contributed by atoms with Crippen molar-refractivity contribution < 1.29 is 24.0 Å². The molecule has 2 N–H and O–H groups in total. The number of carbonyl (C=O) groups is 2. The van der Waals surface area contributed by atoms with Crippen molar-refractivity contribution >= 4 is 11.9 Å². The van der Waals surface area contributed by atoms with Crippen LogP contribution in [0.1, 0.15) is 34.8 Å². The monoisotopic (exact) mass is 318 g/mol. The number of amides is 1.